The molecular formula is C22H26F2IN5O. The van der Waals surface area contributed by atoms with E-state index < -0.39 is 0 Å². The molecule has 0 aliphatic heterocycles. The van der Waals surface area contributed by atoms with Gasteiger partial charge in [-0.25, -0.2) is 8.78 Å². The predicted octanol–water partition coefficient (Wildman–Crippen LogP) is 3.13. The first-order valence-electron chi connectivity index (χ1n) is 9.76. The number of H-pyrrole nitrogens is 1. The highest BCUT2D eigenvalue weighted by atomic mass is 127. The fourth-order valence-electron chi connectivity index (χ4n) is 3.18. The molecule has 0 atom stereocenters. The van der Waals surface area contributed by atoms with Crippen molar-refractivity contribution in [3.8, 4) is 0 Å². The van der Waals surface area contributed by atoms with Crippen molar-refractivity contribution in [3.05, 3.63) is 71.4 Å². The SMILES string of the molecule is CN=C(NCCNC(=O)Cc1cccc(F)c1)NCCc1c[nH]c2cc(F)ccc12.I. The van der Waals surface area contributed by atoms with Crippen LogP contribution in [0.25, 0.3) is 10.9 Å². The number of carbonyl (C=O) groups excluding carboxylic acids is 1. The number of guanidine groups is 1. The van der Waals surface area contributed by atoms with Gasteiger partial charge in [0.15, 0.2) is 5.96 Å². The summed E-state index contributed by atoms with van der Waals surface area (Å²) in [5.41, 5.74) is 2.51. The summed E-state index contributed by atoms with van der Waals surface area (Å²) in [4.78, 5) is 19.2. The van der Waals surface area contributed by atoms with Crippen LogP contribution in [0.15, 0.2) is 53.7 Å². The molecule has 0 saturated carbocycles. The largest absolute Gasteiger partial charge is 0.361 e. The van der Waals surface area contributed by atoms with Gasteiger partial charge in [0.25, 0.3) is 0 Å². The lowest BCUT2D eigenvalue weighted by Gasteiger charge is -2.12. The zero-order valence-corrected chi connectivity index (χ0v) is 19.5. The summed E-state index contributed by atoms with van der Waals surface area (Å²) < 4.78 is 26.4. The summed E-state index contributed by atoms with van der Waals surface area (Å²) in [6, 6.07) is 10.7. The van der Waals surface area contributed by atoms with Crippen molar-refractivity contribution in [2.45, 2.75) is 12.8 Å². The Bertz CT molecular complexity index is 1040. The van der Waals surface area contributed by atoms with E-state index in [1.807, 2.05) is 6.20 Å². The van der Waals surface area contributed by atoms with Gasteiger partial charge in [-0.15, -0.1) is 24.0 Å². The molecule has 0 aliphatic carbocycles. The molecule has 0 spiro atoms. The molecule has 0 fully saturated rings. The Morgan fingerprint density at radius 3 is 2.52 bits per heavy atom. The van der Waals surface area contributed by atoms with E-state index in [1.165, 1.54) is 24.3 Å². The van der Waals surface area contributed by atoms with Gasteiger partial charge >= 0.3 is 0 Å². The number of halogens is 3. The lowest BCUT2D eigenvalue weighted by Crippen LogP contribution is -2.42. The third kappa shape index (κ3) is 7.50. The summed E-state index contributed by atoms with van der Waals surface area (Å²) in [6.07, 6.45) is 2.77. The first kappa shape index (κ1) is 24.6. The molecule has 166 valence electrons. The van der Waals surface area contributed by atoms with Gasteiger partial charge in [0.05, 0.1) is 6.42 Å². The lowest BCUT2D eigenvalue weighted by atomic mass is 10.1. The van der Waals surface area contributed by atoms with Crippen LogP contribution in [0.4, 0.5) is 8.78 Å². The van der Waals surface area contributed by atoms with Gasteiger partial charge in [-0.05, 0) is 47.9 Å². The smallest absolute Gasteiger partial charge is 0.224 e. The van der Waals surface area contributed by atoms with Gasteiger partial charge in [0.1, 0.15) is 11.6 Å². The number of nitrogens with one attached hydrogen (secondary N) is 4. The van der Waals surface area contributed by atoms with E-state index in [0.29, 0.717) is 31.2 Å². The Morgan fingerprint density at radius 2 is 1.74 bits per heavy atom. The van der Waals surface area contributed by atoms with Crippen LogP contribution in [0.1, 0.15) is 11.1 Å². The van der Waals surface area contributed by atoms with Crippen molar-refractivity contribution >= 4 is 46.7 Å². The molecule has 4 N–H and O–H groups in total. The van der Waals surface area contributed by atoms with Crippen LogP contribution in [-0.2, 0) is 17.6 Å². The fraction of sp³-hybridized carbons (Fsp3) is 0.273. The van der Waals surface area contributed by atoms with E-state index in [1.54, 1.807) is 25.2 Å². The zero-order chi connectivity index (χ0) is 21.3. The molecule has 1 amide bonds. The Labute approximate surface area is 196 Å². The number of nitrogens with zero attached hydrogens (tertiary/aromatic N) is 1. The summed E-state index contributed by atoms with van der Waals surface area (Å²) in [5, 5.41) is 10.1. The van der Waals surface area contributed by atoms with Crippen LogP contribution in [0, 0.1) is 11.6 Å². The first-order valence-corrected chi connectivity index (χ1v) is 9.76. The first-order chi connectivity index (χ1) is 14.5. The topological polar surface area (TPSA) is 81.3 Å². The summed E-state index contributed by atoms with van der Waals surface area (Å²) in [5.74, 6) is -0.153. The molecule has 0 saturated heterocycles. The number of aliphatic imine (C=N–C) groups is 1. The second-order valence-corrected chi connectivity index (χ2v) is 6.84. The van der Waals surface area contributed by atoms with Gasteiger partial charge in [0, 0.05) is 43.8 Å². The third-order valence-corrected chi connectivity index (χ3v) is 4.63. The standard InChI is InChI=1S/C22H25F2N5O.HI/c1-25-22(27-8-7-16-14-29-20-13-18(24)5-6-19(16)20)28-10-9-26-21(30)12-15-3-2-4-17(23)11-15;/h2-6,11,13-14,29H,7-10,12H2,1H3,(H,26,30)(H2,25,27,28);1H. The van der Waals surface area contributed by atoms with E-state index in [4.69, 9.17) is 0 Å². The van der Waals surface area contributed by atoms with Crippen LogP contribution in [-0.4, -0.2) is 43.5 Å². The molecule has 31 heavy (non-hydrogen) atoms. The number of carbonyl (C=O) groups is 1. The lowest BCUT2D eigenvalue weighted by molar-refractivity contribution is -0.120. The zero-order valence-electron chi connectivity index (χ0n) is 17.2. The van der Waals surface area contributed by atoms with Crippen molar-refractivity contribution in [1.82, 2.24) is 20.9 Å². The number of hydrogen-bond acceptors (Lipinski definition) is 2. The van der Waals surface area contributed by atoms with Crippen molar-refractivity contribution in [1.29, 1.82) is 0 Å². The molecule has 3 aromatic rings. The minimum Gasteiger partial charge on any atom is -0.361 e. The quantitative estimate of drug-likeness (QED) is 0.153. The Kier molecular flexibility index (Phi) is 9.70. The number of rotatable bonds is 8. The average Bonchev–Trinajstić information content (AvgIpc) is 3.11. The van der Waals surface area contributed by atoms with E-state index in [2.05, 4.69) is 25.9 Å². The number of amides is 1. The van der Waals surface area contributed by atoms with E-state index in [-0.39, 0.29) is 47.9 Å². The van der Waals surface area contributed by atoms with Gasteiger partial charge < -0.3 is 20.9 Å². The summed E-state index contributed by atoms with van der Waals surface area (Å²) in [6.45, 7) is 1.57. The van der Waals surface area contributed by atoms with Gasteiger partial charge in [-0.1, -0.05) is 12.1 Å². The van der Waals surface area contributed by atoms with Crippen LogP contribution < -0.4 is 16.0 Å². The molecule has 0 aliphatic rings. The molecule has 9 heteroatoms. The molecule has 0 radical (unpaired) electrons. The molecule has 1 aromatic heterocycles. The Morgan fingerprint density at radius 1 is 1.00 bits per heavy atom. The highest BCUT2D eigenvalue weighted by Gasteiger charge is 2.06. The fourth-order valence-corrected chi connectivity index (χ4v) is 3.18. The Hall–Kier alpha value is -2.69. The maximum absolute atomic E-state index is 13.3. The predicted molar refractivity (Wildman–Crippen MR) is 130 cm³/mol. The van der Waals surface area contributed by atoms with Gasteiger partial charge in [-0.2, -0.15) is 0 Å². The maximum atomic E-state index is 13.3. The second kappa shape index (κ2) is 12.2. The van der Waals surface area contributed by atoms with Gasteiger partial charge in [0.2, 0.25) is 5.91 Å². The monoisotopic (exact) mass is 541 g/mol. The van der Waals surface area contributed by atoms with E-state index >= 15 is 0 Å². The minimum atomic E-state index is -0.350. The van der Waals surface area contributed by atoms with E-state index in [0.717, 1.165) is 22.9 Å². The van der Waals surface area contributed by atoms with Crippen molar-refractivity contribution in [3.63, 3.8) is 0 Å². The summed E-state index contributed by atoms with van der Waals surface area (Å²) >= 11 is 0. The molecule has 6 nitrogen and oxygen atoms in total. The molecule has 2 aromatic carbocycles. The average molecular weight is 541 g/mol. The number of fused-ring (bicyclic) bond motifs is 1. The molecule has 0 unspecified atom stereocenters. The van der Waals surface area contributed by atoms with E-state index in [9.17, 15) is 13.6 Å². The van der Waals surface area contributed by atoms with Crippen molar-refractivity contribution in [2.24, 2.45) is 4.99 Å². The van der Waals surface area contributed by atoms with Crippen molar-refractivity contribution < 1.29 is 13.6 Å². The van der Waals surface area contributed by atoms with Crippen LogP contribution >= 0.6 is 24.0 Å². The number of benzene rings is 2. The molecular weight excluding hydrogens is 515 g/mol. The third-order valence-electron chi connectivity index (χ3n) is 4.63. The molecule has 0 bridgehead atoms. The molecule has 1 heterocycles. The highest BCUT2D eigenvalue weighted by molar-refractivity contribution is 14.0. The number of aromatic nitrogens is 1. The highest BCUT2D eigenvalue weighted by Crippen LogP contribution is 2.19. The second-order valence-electron chi connectivity index (χ2n) is 6.84. The van der Waals surface area contributed by atoms with Crippen molar-refractivity contribution in [2.75, 3.05) is 26.7 Å². The normalized spacial score (nSPS) is 11.1. The van der Waals surface area contributed by atoms with Crippen LogP contribution in [0.5, 0.6) is 0 Å². The minimum absolute atomic E-state index is 0. The number of hydrogen-bond donors (Lipinski definition) is 4. The summed E-state index contributed by atoms with van der Waals surface area (Å²) in [7, 11) is 1.67. The number of aromatic amines is 1. The molecule has 3 rings (SSSR count). The van der Waals surface area contributed by atoms with Crippen LogP contribution in [0.3, 0.4) is 0 Å². The van der Waals surface area contributed by atoms with Gasteiger partial charge in [-0.3, -0.25) is 9.79 Å². The Balaban J connectivity index is 0.00000341. The maximum Gasteiger partial charge on any atom is 0.224 e. The van der Waals surface area contributed by atoms with Crippen LogP contribution in [0.2, 0.25) is 0 Å².